The molecular weight excluding hydrogens is 138 g/mol. The summed E-state index contributed by atoms with van der Waals surface area (Å²) in [6.07, 6.45) is 5.76. The highest BCUT2D eigenvalue weighted by Gasteiger charge is 1.86. The first-order chi connectivity index (χ1) is 5.16. The topological polar surface area (TPSA) is 46.2 Å². The second-order valence-corrected chi connectivity index (χ2v) is 2.72. The average Bonchev–Trinajstić information content (AvgIpc) is 1.87. The number of aliphatic hydroxyl groups is 1. The summed E-state index contributed by atoms with van der Waals surface area (Å²) in [5, 5.41) is 8.53. The molecule has 0 aromatic heterocycles. The molecule has 0 fully saturated rings. The van der Waals surface area contributed by atoms with Crippen molar-refractivity contribution in [3.8, 4) is 0 Å². The predicted octanol–water partition coefficient (Wildman–Crippen LogP) is 1.57. The van der Waals surface area contributed by atoms with Crippen LogP contribution in [0.25, 0.3) is 0 Å². The number of hydrogen-bond donors (Lipinski definition) is 2. The predicted molar refractivity (Wildman–Crippen MR) is 48.0 cm³/mol. The second kappa shape index (κ2) is 5.98. The summed E-state index contributed by atoms with van der Waals surface area (Å²) in [7, 11) is 0. The molecule has 2 nitrogen and oxygen atoms in total. The van der Waals surface area contributed by atoms with Gasteiger partial charge >= 0.3 is 0 Å². The molecule has 0 saturated carbocycles. The maximum absolute atomic E-state index is 8.53. The van der Waals surface area contributed by atoms with Crippen LogP contribution < -0.4 is 5.73 Å². The number of rotatable bonds is 4. The molecule has 0 aliphatic heterocycles. The SMILES string of the molecule is C/C(N)=C/CC/C(C)=C/CO. The van der Waals surface area contributed by atoms with E-state index in [-0.39, 0.29) is 6.61 Å². The van der Waals surface area contributed by atoms with Crippen LogP contribution in [0.2, 0.25) is 0 Å². The summed E-state index contributed by atoms with van der Waals surface area (Å²) in [5.41, 5.74) is 7.52. The van der Waals surface area contributed by atoms with Crippen molar-refractivity contribution in [2.75, 3.05) is 6.61 Å². The standard InChI is InChI=1S/C9H17NO/c1-8(6-7-11)4-3-5-9(2)10/h5-6,11H,3-4,7,10H2,1-2H3/b8-6+,9-5-. The Morgan fingerprint density at radius 2 is 2.00 bits per heavy atom. The third-order valence-electron chi connectivity index (χ3n) is 1.44. The minimum Gasteiger partial charge on any atom is -0.403 e. The Labute approximate surface area is 68.4 Å². The molecule has 64 valence electrons. The summed E-state index contributed by atoms with van der Waals surface area (Å²) in [5.74, 6) is 0. The van der Waals surface area contributed by atoms with Crippen LogP contribution in [0.5, 0.6) is 0 Å². The van der Waals surface area contributed by atoms with E-state index in [0.717, 1.165) is 18.5 Å². The molecule has 0 atom stereocenters. The maximum atomic E-state index is 8.53. The van der Waals surface area contributed by atoms with Crippen molar-refractivity contribution in [3.05, 3.63) is 23.4 Å². The molecule has 0 aromatic carbocycles. The minimum atomic E-state index is 0.136. The number of aliphatic hydroxyl groups excluding tert-OH is 1. The summed E-state index contributed by atoms with van der Waals surface area (Å²) >= 11 is 0. The van der Waals surface area contributed by atoms with Gasteiger partial charge in [-0.3, -0.25) is 0 Å². The zero-order valence-corrected chi connectivity index (χ0v) is 7.30. The first-order valence-electron chi connectivity index (χ1n) is 3.85. The largest absolute Gasteiger partial charge is 0.403 e. The molecule has 0 aliphatic rings. The van der Waals surface area contributed by atoms with Crippen LogP contribution in [0.1, 0.15) is 26.7 Å². The third-order valence-corrected chi connectivity index (χ3v) is 1.44. The smallest absolute Gasteiger partial charge is 0.0614 e. The molecule has 0 heterocycles. The van der Waals surface area contributed by atoms with E-state index in [0.29, 0.717) is 0 Å². The molecule has 0 radical (unpaired) electrons. The molecule has 3 N–H and O–H groups in total. The Hall–Kier alpha value is -0.760. The van der Waals surface area contributed by atoms with Gasteiger partial charge in [0.15, 0.2) is 0 Å². The van der Waals surface area contributed by atoms with Crippen molar-refractivity contribution in [1.82, 2.24) is 0 Å². The first kappa shape index (κ1) is 10.2. The van der Waals surface area contributed by atoms with Gasteiger partial charge in [0.1, 0.15) is 0 Å². The molecule has 0 saturated heterocycles. The van der Waals surface area contributed by atoms with Gasteiger partial charge in [-0.1, -0.05) is 17.7 Å². The third kappa shape index (κ3) is 7.13. The zero-order chi connectivity index (χ0) is 8.69. The second-order valence-electron chi connectivity index (χ2n) is 2.72. The molecule has 0 unspecified atom stereocenters. The molecule has 0 aliphatic carbocycles. The van der Waals surface area contributed by atoms with E-state index in [4.69, 9.17) is 10.8 Å². The Kier molecular flexibility index (Phi) is 5.57. The van der Waals surface area contributed by atoms with E-state index in [1.165, 1.54) is 5.57 Å². The van der Waals surface area contributed by atoms with Gasteiger partial charge in [0.05, 0.1) is 6.61 Å². The van der Waals surface area contributed by atoms with E-state index in [1.807, 2.05) is 26.0 Å². The Bertz CT molecular complexity index is 155. The van der Waals surface area contributed by atoms with Crippen molar-refractivity contribution in [3.63, 3.8) is 0 Å². The van der Waals surface area contributed by atoms with E-state index in [9.17, 15) is 0 Å². The van der Waals surface area contributed by atoms with E-state index in [1.54, 1.807) is 0 Å². The summed E-state index contributed by atoms with van der Waals surface area (Å²) in [6, 6.07) is 0. The first-order valence-corrected chi connectivity index (χ1v) is 3.85. The van der Waals surface area contributed by atoms with Gasteiger partial charge in [-0.15, -0.1) is 0 Å². The average molecular weight is 155 g/mol. The summed E-state index contributed by atoms with van der Waals surface area (Å²) in [6.45, 7) is 4.03. The van der Waals surface area contributed by atoms with Gasteiger partial charge in [-0.2, -0.15) is 0 Å². The van der Waals surface area contributed by atoms with Crippen molar-refractivity contribution < 1.29 is 5.11 Å². The van der Waals surface area contributed by atoms with Gasteiger partial charge in [-0.25, -0.2) is 0 Å². The van der Waals surface area contributed by atoms with Gasteiger partial charge in [-0.05, 0) is 26.7 Å². The molecule has 0 rings (SSSR count). The summed E-state index contributed by atoms with van der Waals surface area (Å²) < 4.78 is 0. The fourth-order valence-corrected chi connectivity index (χ4v) is 0.785. The quantitative estimate of drug-likeness (QED) is 0.605. The number of allylic oxidation sites excluding steroid dienone is 3. The zero-order valence-electron chi connectivity index (χ0n) is 7.30. The van der Waals surface area contributed by atoms with Crippen molar-refractivity contribution >= 4 is 0 Å². The molecule has 2 heteroatoms. The lowest BCUT2D eigenvalue weighted by molar-refractivity contribution is 0.341. The van der Waals surface area contributed by atoms with Crippen LogP contribution in [-0.4, -0.2) is 11.7 Å². The van der Waals surface area contributed by atoms with Crippen molar-refractivity contribution in [2.24, 2.45) is 5.73 Å². The Morgan fingerprint density at radius 3 is 2.45 bits per heavy atom. The lowest BCUT2D eigenvalue weighted by Crippen LogP contribution is -1.89. The minimum absolute atomic E-state index is 0.136. The van der Waals surface area contributed by atoms with Crippen LogP contribution in [0.15, 0.2) is 23.4 Å². The van der Waals surface area contributed by atoms with Crippen LogP contribution in [0.3, 0.4) is 0 Å². The number of hydrogen-bond acceptors (Lipinski definition) is 2. The highest BCUT2D eigenvalue weighted by molar-refractivity contribution is 5.01. The fraction of sp³-hybridized carbons (Fsp3) is 0.556. The van der Waals surface area contributed by atoms with Crippen molar-refractivity contribution in [1.29, 1.82) is 0 Å². The summed E-state index contributed by atoms with van der Waals surface area (Å²) in [4.78, 5) is 0. The molecule has 0 aromatic rings. The monoisotopic (exact) mass is 155 g/mol. The molecule has 0 amide bonds. The molecule has 0 spiro atoms. The van der Waals surface area contributed by atoms with Crippen molar-refractivity contribution in [2.45, 2.75) is 26.7 Å². The Morgan fingerprint density at radius 1 is 1.36 bits per heavy atom. The van der Waals surface area contributed by atoms with E-state index >= 15 is 0 Å². The van der Waals surface area contributed by atoms with Gasteiger partial charge in [0.2, 0.25) is 0 Å². The molecular formula is C9H17NO. The van der Waals surface area contributed by atoms with Gasteiger partial charge in [0, 0.05) is 5.70 Å². The van der Waals surface area contributed by atoms with Gasteiger partial charge < -0.3 is 10.8 Å². The van der Waals surface area contributed by atoms with Crippen LogP contribution in [-0.2, 0) is 0 Å². The fourth-order valence-electron chi connectivity index (χ4n) is 0.785. The lowest BCUT2D eigenvalue weighted by atomic mass is 10.1. The highest BCUT2D eigenvalue weighted by atomic mass is 16.2. The van der Waals surface area contributed by atoms with E-state index < -0.39 is 0 Å². The van der Waals surface area contributed by atoms with E-state index in [2.05, 4.69) is 0 Å². The van der Waals surface area contributed by atoms with Gasteiger partial charge in [0.25, 0.3) is 0 Å². The number of nitrogens with two attached hydrogens (primary N) is 1. The normalized spacial score (nSPS) is 13.7. The molecule has 0 bridgehead atoms. The highest BCUT2D eigenvalue weighted by Crippen LogP contribution is 2.04. The molecule has 11 heavy (non-hydrogen) atoms. The van der Waals surface area contributed by atoms with Crippen LogP contribution in [0, 0.1) is 0 Å². The maximum Gasteiger partial charge on any atom is 0.0614 e. The Balaban J connectivity index is 3.54. The van der Waals surface area contributed by atoms with Crippen LogP contribution in [0.4, 0.5) is 0 Å². The lowest BCUT2D eigenvalue weighted by Gasteiger charge is -1.96. The van der Waals surface area contributed by atoms with Crippen LogP contribution >= 0.6 is 0 Å².